The van der Waals surface area contributed by atoms with Gasteiger partial charge < -0.3 is 10.1 Å². The first-order valence-electron chi connectivity index (χ1n) is 7.84. The van der Waals surface area contributed by atoms with Crippen LogP contribution in [-0.4, -0.2) is 25.0 Å². The lowest BCUT2D eigenvalue weighted by molar-refractivity contribution is -0.121. The van der Waals surface area contributed by atoms with Gasteiger partial charge in [0, 0.05) is 5.69 Å². The summed E-state index contributed by atoms with van der Waals surface area (Å²) in [6, 6.07) is 12.3. The summed E-state index contributed by atoms with van der Waals surface area (Å²) < 4.78 is 5.12. The lowest BCUT2D eigenvalue weighted by Crippen LogP contribution is -2.34. The Morgan fingerprint density at radius 3 is 2.38 bits per heavy atom. The zero-order valence-electron chi connectivity index (χ0n) is 14.0. The Labute approximate surface area is 141 Å². The fraction of sp³-hybridized carbons (Fsp3) is 0.263. The Morgan fingerprint density at radius 1 is 1.04 bits per heavy atom. The molecule has 0 aromatic heterocycles. The van der Waals surface area contributed by atoms with Crippen molar-refractivity contribution in [2.75, 3.05) is 17.3 Å². The molecule has 1 fully saturated rings. The molecule has 1 N–H and O–H groups in total. The van der Waals surface area contributed by atoms with Crippen molar-refractivity contribution in [3.63, 3.8) is 0 Å². The number of aryl methyl sites for hydroxylation is 2. The second kappa shape index (κ2) is 6.35. The molecule has 0 unspecified atom stereocenters. The minimum atomic E-state index is -0.549. The highest BCUT2D eigenvalue weighted by Gasteiger charge is 2.39. The molecular formula is C19H20N2O3. The highest BCUT2D eigenvalue weighted by Crippen LogP contribution is 2.27. The Hall–Kier alpha value is -2.82. The molecule has 1 aliphatic rings. The van der Waals surface area contributed by atoms with Crippen LogP contribution in [0.1, 0.15) is 17.5 Å². The van der Waals surface area contributed by atoms with Gasteiger partial charge in [0.05, 0.1) is 19.2 Å². The average molecular weight is 324 g/mol. The minimum absolute atomic E-state index is 0.151. The van der Waals surface area contributed by atoms with E-state index in [9.17, 15) is 9.59 Å². The zero-order chi connectivity index (χ0) is 17.3. The number of imide groups is 1. The van der Waals surface area contributed by atoms with Crippen LogP contribution in [0.4, 0.5) is 11.4 Å². The second-order valence-electron chi connectivity index (χ2n) is 5.97. The van der Waals surface area contributed by atoms with Gasteiger partial charge in [0.1, 0.15) is 11.8 Å². The van der Waals surface area contributed by atoms with Gasteiger partial charge in [-0.2, -0.15) is 0 Å². The average Bonchev–Trinajstić information content (AvgIpc) is 2.85. The van der Waals surface area contributed by atoms with Crippen LogP contribution in [0.2, 0.25) is 0 Å². The Bertz CT molecular complexity index is 784. The normalized spacial score (nSPS) is 17.3. The number of methoxy groups -OCH3 is 1. The molecule has 0 spiro atoms. The predicted molar refractivity (Wildman–Crippen MR) is 93.4 cm³/mol. The standard InChI is InChI=1S/C19H20N2O3/c1-12-4-7-15(10-13(12)2)21-18(22)11-17(19(21)23)20-14-5-8-16(24-3)9-6-14/h4-10,17,20H,11H2,1-3H3/t17-/m1/s1. The van der Waals surface area contributed by atoms with Crippen molar-refractivity contribution in [2.24, 2.45) is 0 Å². The lowest BCUT2D eigenvalue weighted by Gasteiger charge is -2.17. The van der Waals surface area contributed by atoms with Crippen molar-refractivity contribution in [3.05, 3.63) is 53.6 Å². The highest BCUT2D eigenvalue weighted by atomic mass is 16.5. The van der Waals surface area contributed by atoms with Gasteiger partial charge in [0.15, 0.2) is 0 Å². The lowest BCUT2D eigenvalue weighted by atomic mass is 10.1. The van der Waals surface area contributed by atoms with Crippen LogP contribution in [0.5, 0.6) is 5.75 Å². The number of rotatable bonds is 4. The van der Waals surface area contributed by atoms with E-state index in [4.69, 9.17) is 4.74 Å². The summed E-state index contributed by atoms with van der Waals surface area (Å²) in [5.74, 6) is 0.333. The first-order chi connectivity index (χ1) is 11.5. The van der Waals surface area contributed by atoms with Crippen LogP contribution in [-0.2, 0) is 9.59 Å². The minimum Gasteiger partial charge on any atom is -0.497 e. The van der Waals surface area contributed by atoms with Gasteiger partial charge in [-0.25, -0.2) is 4.90 Å². The Kier molecular flexibility index (Phi) is 4.25. The molecule has 2 amide bonds. The summed E-state index contributed by atoms with van der Waals surface area (Å²) in [6.07, 6.45) is 0.151. The number of nitrogens with one attached hydrogen (secondary N) is 1. The Morgan fingerprint density at radius 2 is 1.75 bits per heavy atom. The fourth-order valence-electron chi connectivity index (χ4n) is 2.77. The SMILES string of the molecule is COc1ccc(N[C@@H]2CC(=O)N(c3ccc(C)c(C)c3)C2=O)cc1. The maximum absolute atomic E-state index is 12.7. The maximum Gasteiger partial charge on any atom is 0.256 e. The molecule has 0 saturated carbocycles. The molecular weight excluding hydrogens is 304 g/mol. The molecule has 2 aromatic carbocycles. The highest BCUT2D eigenvalue weighted by molar-refractivity contribution is 6.23. The van der Waals surface area contributed by atoms with Crippen molar-refractivity contribution in [1.29, 1.82) is 0 Å². The molecule has 1 aliphatic heterocycles. The number of nitrogens with zero attached hydrogens (tertiary/aromatic N) is 1. The molecule has 1 saturated heterocycles. The van der Waals surface area contributed by atoms with Crippen molar-refractivity contribution >= 4 is 23.2 Å². The van der Waals surface area contributed by atoms with E-state index in [-0.39, 0.29) is 18.2 Å². The van der Waals surface area contributed by atoms with Crippen LogP contribution in [0, 0.1) is 13.8 Å². The van der Waals surface area contributed by atoms with Crippen LogP contribution in [0.25, 0.3) is 0 Å². The largest absolute Gasteiger partial charge is 0.497 e. The summed E-state index contributed by atoms with van der Waals surface area (Å²) in [5, 5.41) is 3.13. The molecule has 3 rings (SSSR count). The van der Waals surface area contributed by atoms with Crippen LogP contribution >= 0.6 is 0 Å². The Balaban J connectivity index is 1.79. The van der Waals surface area contributed by atoms with Crippen LogP contribution < -0.4 is 15.0 Å². The molecule has 5 nitrogen and oxygen atoms in total. The van der Waals surface area contributed by atoms with E-state index in [0.717, 1.165) is 22.6 Å². The van der Waals surface area contributed by atoms with E-state index in [1.165, 1.54) is 4.90 Å². The summed E-state index contributed by atoms with van der Waals surface area (Å²) in [5.41, 5.74) is 3.60. The van der Waals surface area contributed by atoms with Gasteiger partial charge in [0.2, 0.25) is 5.91 Å². The van der Waals surface area contributed by atoms with Gasteiger partial charge in [-0.05, 0) is 61.4 Å². The summed E-state index contributed by atoms with van der Waals surface area (Å²) in [4.78, 5) is 26.3. The third-order valence-electron chi connectivity index (χ3n) is 4.33. The van der Waals surface area contributed by atoms with Gasteiger partial charge in [-0.15, -0.1) is 0 Å². The van der Waals surface area contributed by atoms with Gasteiger partial charge in [-0.1, -0.05) is 6.07 Å². The monoisotopic (exact) mass is 324 g/mol. The van der Waals surface area contributed by atoms with Gasteiger partial charge in [0.25, 0.3) is 5.91 Å². The number of carbonyl (C=O) groups is 2. The zero-order valence-corrected chi connectivity index (χ0v) is 14.0. The van der Waals surface area contributed by atoms with Crippen molar-refractivity contribution in [1.82, 2.24) is 0 Å². The predicted octanol–water partition coefficient (Wildman–Crippen LogP) is 3.06. The first kappa shape index (κ1) is 16.1. The smallest absolute Gasteiger partial charge is 0.256 e. The van der Waals surface area contributed by atoms with Crippen molar-refractivity contribution in [2.45, 2.75) is 26.3 Å². The number of carbonyl (C=O) groups excluding carboxylic acids is 2. The van der Waals surface area contributed by atoms with Crippen LogP contribution in [0.15, 0.2) is 42.5 Å². The molecule has 0 bridgehead atoms. The third-order valence-corrected chi connectivity index (χ3v) is 4.33. The molecule has 0 radical (unpaired) electrons. The fourth-order valence-corrected chi connectivity index (χ4v) is 2.77. The molecule has 5 heteroatoms. The van der Waals surface area contributed by atoms with Gasteiger partial charge in [-0.3, -0.25) is 9.59 Å². The van der Waals surface area contributed by atoms with Gasteiger partial charge >= 0.3 is 0 Å². The number of hydrogen-bond donors (Lipinski definition) is 1. The van der Waals surface area contributed by atoms with E-state index in [2.05, 4.69) is 5.32 Å². The van der Waals surface area contributed by atoms with E-state index in [1.807, 2.05) is 56.3 Å². The number of benzene rings is 2. The molecule has 1 atom stereocenters. The molecule has 124 valence electrons. The maximum atomic E-state index is 12.7. The number of amides is 2. The molecule has 24 heavy (non-hydrogen) atoms. The number of hydrogen-bond acceptors (Lipinski definition) is 4. The molecule has 0 aliphatic carbocycles. The summed E-state index contributed by atoms with van der Waals surface area (Å²) in [6.45, 7) is 3.97. The topological polar surface area (TPSA) is 58.6 Å². The second-order valence-corrected chi connectivity index (χ2v) is 5.97. The molecule has 1 heterocycles. The van der Waals surface area contributed by atoms with E-state index in [1.54, 1.807) is 7.11 Å². The van der Waals surface area contributed by atoms with Crippen molar-refractivity contribution < 1.29 is 14.3 Å². The third kappa shape index (κ3) is 2.97. The molecule has 2 aromatic rings. The quantitative estimate of drug-likeness (QED) is 0.878. The summed E-state index contributed by atoms with van der Waals surface area (Å²) in [7, 11) is 1.60. The van der Waals surface area contributed by atoms with E-state index < -0.39 is 6.04 Å². The van der Waals surface area contributed by atoms with E-state index in [0.29, 0.717) is 5.69 Å². The summed E-state index contributed by atoms with van der Waals surface area (Å²) >= 11 is 0. The van der Waals surface area contributed by atoms with E-state index >= 15 is 0 Å². The first-order valence-corrected chi connectivity index (χ1v) is 7.84. The van der Waals surface area contributed by atoms with Crippen LogP contribution in [0.3, 0.4) is 0 Å². The number of ether oxygens (including phenoxy) is 1. The van der Waals surface area contributed by atoms with Crippen molar-refractivity contribution in [3.8, 4) is 5.75 Å². The number of anilines is 2.